The minimum absolute atomic E-state index is 0.0395. The lowest BCUT2D eigenvalue weighted by Crippen LogP contribution is -2.51. The summed E-state index contributed by atoms with van der Waals surface area (Å²) in [6.45, 7) is 5.70. The highest BCUT2D eigenvalue weighted by Crippen LogP contribution is 2.23. The Labute approximate surface area is 157 Å². The van der Waals surface area contributed by atoms with Crippen LogP contribution in [-0.2, 0) is 16.0 Å². The van der Waals surface area contributed by atoms with Gasteiger partial charge in [-0.05, 0) is 19.1 Å². The Bertz CT molecular complexity index is 741. The number of carbonyl (C=O) groups excluding carboxylic acids is 2. The molecule has 1 N–H and O–H groups in total. The first-order valence-corrected chi connectivity index (χ1v) is 9.65. The van der Waals surface area contributed by atoms with Crippen molar-refractivity contribution in [1.29, 1.82) is 0 Å². The molecule has 3 heterocycles. The van der Waals surface area contributed by atoms with E-state index in [1.807, 2.05) is 29.3 Å². The molecule has 26 heavy (non-hydrogen) atoms. The first-order valence-electron chi connectivity index (χ1n) is 8.77. The number of hydrogen-bond donors (Lipinski definition) is 1. The Morgan fingerprint density at radius 3 is 2.77 bits per heavy atom. The molecule has 8 heteroatoms. The van der Waals surface area contributed by atoms with Crippen molar-refractivity contribution in [1.82, 2.24) is 25.1 Å². The van der Waals surface area contributed by atoms with E-state index in [1.165, 1.54) is 11.3 Å². The van der Waals surface area contributed by atoms with E-state index in [9.17, 15) is 9.59 Å². The molecular formula is C18H23N5O2S. The van der Waals surface area contributed by atoms with Gasteiger partial charge in [0.25, 0.3) is 0 Å². The molecule has 1 aliphatic heterocycles. The van der Waals surface area contributed by atoms with E-state index < -0.39 is 0 Å². The van der Waals surface area contributed by atoms with Gasteiger partial charge in [0.05, 0.1) is 18.7 Å². The Morgan fingerprint density at radius 2 is 2.08 bits per heavy atom. The molecule has 0 spiro atoms. The topological polar surface area (TPSA) is 78.4 Å². The predicted molar refractivity (Wildman–Crippen MR) is 101 cm³/mol. The average molecular weight is 373 g/mol. The van der Waals surface area contributed by atoms with Crippen molar-refractivity contribution in [2.75, 3.05) is 39.3 Å². The fourth-order valence-electron chi connectivity index (χ4n) is 2.89. The first kappa shape index (κ1) is 18.5. The lowest BCUT2D eigenvalue weighted by atomic mass is 10.2. The summed E-state index contributed by atoms with van der Waals surface area (Å²) in [5.41, 5.74) is 1.76. The number of nitrogens with one attached hydrogen (secondary N) is 1. The van der Waals surface area contributed by atoms with Crippen LogP contribution in [0.4, 0.5) is 0 Å². The van der Waals surface area contributed by atoms with Gasteiger partial charge in [0.2, 0.25) is 11.8 Å². The molecule has 1 fully saturated rings. The quantitative estimate of drug-likeness (QED) is 0.818. The van der Waals surface area contributed by atoms with Gasteiger partial charge in [0.15, 0.2) is 0 Å². The van der Waals surface area contributed by atoms with Gasteiger partial charge in [-0.2, -0.15) is 0 Å². The fraction of sp³-hybridized carbons (Fsp3) is 0.444. The molecule has 3 rings (SSSR count). The number of carbonyl (C=O) groups is 2. The Morgan fingerprint density at radius 1 is 1.27 bits per heavy atom. The van der Waals surface area contributed by atoms with Gasteiger partial charge in [0.1, 0.15) is 5.01 Å². The van der Waals surface area contributed by atoms with Crippen LogP contribution in [0.3, 0.4) is 0 Å². The van der Waals surface area contributed by atoms with Crippen LogP contribution >= 0.6 is 11.3 Å². The predicted octanol–water partition coefficient (Wildman–Crippen LogP) is 1.03. The summed E-state index contributed by atoms with van der Waals surface area (Å²) in [6, 6.07) is 3.84. The molecule has 0 aliphatic carbocycles. The molecule has 7 nitrogen and oxygen atoms in total. The maximum absolute atomic E-state index is 12.5. The van der Waals surface area contributed by atoms with Gasteiger partial charge in [-0.25, -0.2) is 4.98 Å². The number of rotatable bonds is 6. The smallest absolute Gasteiger partial charge is 0.234 e. The molecule has 0 bridgehead atoms. The van der Waals surface area contributed by atoms with E-state index in [-0.39, 0.29) is 11.8 Å². The normalized spacial score (nSPS) is 15.0. The van der Waals surface area contributed by atoms with Crippen LogP contribution in [0, 0.1) is 0 Å². The van der Waals surface area contributed by atoms with Crippen LogP contribution in [-0.4, -0.2) is 70.9 Å². The molecular weight excluding hydrogens is 350 g/mol. The second kappa shape index (κ2) is 8.86. The van der Waals surface area contributed by atoms with Gasteiger partial charge in [-0.1, -0.05) is 0 Å². The van der Waals surface area contributed by atoms with Crippen molar-refractivity contribution < 1.29 is 9.59 Å². The Kier molecular flexibility index (Phi) is 6.30. The maximum Gasteiger partial charge on any atom is 0.234 e. The zero-order valence-electron chi connectivity index (χ0n) is 14.9. The monoisotopic (exact) mass is 373 g/mol. The number of amides is 2. The number of hydrogen-bond acceptors (Lipinski definition) is 6. The number of aromatic nitrogens is 2. The summed E-state index contributed by atoms with van der Waals surface area (Å²) < 4.78 is 0. The van der Waals surface area contributed by atoms with Crippen LogP contribution in [0.1, 0.15) is 12.6 Å². The number of nitrogens with zero attached hydrogens (tertiary/aromatic N) is 4. The lowest BCUT2D eigenvalue weighted by Gasteiger charge is -2.34. The second-order valence-corrected chi connectivity index (χ2v) is 7.03. The third-order valence-corrected chi connectivity index (χ3v) is 5.20. The highest BCUT2D eigenvalue weighted by atomic mass is 32.1. The molecule has 0 atom stereocenters. The Hall–Kier alpha value is -2.32. The average Bonchev–Trinajstić information content (AvgIpc) is 3.12. The van der Waals surface area contributed by atoms with E-state index in [0.29, 0.717) is 32.6 Å². The van der Waals surface area contributed by atoms with Gasteiger partial charge >= 0.3 is 0 Å². The minimum atomic E-state index is 0.0395. The SMILES string of the molecule is CCNC(=O)CN1CCN(C(=O)Cc2csc(-c3cccnc3)n2)CC1. The zero-order valence-corrected chi connectivity index (χ0v) is 15.7. The highest BCUT2D eigenvalue weighted by molar-refractivity contribution is 7.13. The van der Waals surface area contributed by atoms with Crippen molar-refractivity contribution in [3.63, 3.8) is 0 Å². The maximum atomic E-state index is 12.5. The Balaban J connectivity index is 1.49. The molecule has 2 aromatic heterocycles. The van der Waals surface area contributed by atoms with E-state index in [0.717, 1.165) is 29.4 Å². The summed E-state index contributed by atoms with van der Waals surface area (Å²) >= 11 is 1.53. The largest absolute Gasteiger partial charge is 0.355 e. The third kappa shape index (κ3) is 4.86. The van der Waals surface area contributed by atoms with Gasteiger partial charge in [-0.15, -0.1) is 11.3 Å². The standard InChI is InChI=1S/C18H23N5O2S/c1-2-20-16(24)12-22-6-8-23(9-7-22)17(25)10-15-13-26-18(21-15)14-4-3-5-19-11-14/h3-5,11,13H,2,6-10,12H2,1H3,(H,20,24). The summed E-state index contributed by atoms with van der Waals surface area (Å²) in [5, 5.41) is 5.62. The van der Waals surface area contributed by atoms with Crippen LogP contribution in [0.25, 0.3) is 10.6 Å². The fourth-order valence-corrected chi connectivity index (χ4v) is 3.70. The molecule has 1 saturated heterocycles. The highest BCUT2D eigenvalue weighted by Gasteiger charge is 2.23. The van der Waals surface area contributed by atoms with E-state index in [2.05, 4.69) is 20.2 Å². The van der Waals surface area contributed by atoms with Crippen LogP contribution in [0.15, 0.2) is 29.9 Å². The molecule has 0 unspecified atom stereocenters. The van der Waals surface area contributed by atoms with Gasteiger partial charge < -0.3 is 10.2 Å². The minimum Gasteiger partial charge on any atom is -0.355 e. The van der Waals surface area contributed by atoms with E-state index in [4.69, 9.17) is 0 Å². The van der Waals surface area contributed by atoms with E-state index in [1.54, 1.807) is 12.4 Å². The third-order valence-electron chi connectivity index (χ3n) is 4.26. The van der Waals surface area contributed by atoms with Crippen molar-refractivity contribution in [3.05, 3.63) is 35.6 Å². The number of pyridine rings is 1. The van der Waals surface area contributed by atoms with Crippen LogP contribution in [0.2, 0.25) is 0 Å². The first-order chi connectivity index (χ1) is 12.7. The molecule has 0 aromatic carbocycles. The summed E-state index contributed by atoms with van der Waals surface area (Å²) in [6.07, 6.45) is 3.82. The van der Waals surface area contributed by atoms with Crippen molar-refractivity contribution in [2.24, 2.45) is 0 Å². The number of thiazole rings is 1. The van der Waals surface area contributed by atoms with Gasteiger partial charge in [-0.3, -0.25) is 19.5 Å². The van der Waals surface area contributed by atoms with Crippen molar-refractivity contribution in [3.8, 4) is 10.6 Å². The van der Waals surface area contributed by atoms with Crippen LogP contribution < -0.4 is 5.32 Å². The number of likely N-dealkylation sites (N-methyl/N-ethyl adjacent to an activating group) is 1. The van der Waals surface area contributed by atoms with Crippen molar-refractivity contribution in [2.45, 2.75) is 13.3 Å². The molecule has 0 radical (unpaired) electrons. The van der Waals surface area contributed by atoms with Crippen molar-refractivity contribution >= 4 is 23.2 Å². The molecule has 2 aromatic rings. The van der Waals surface area contributed by atoms with Gasteiger partial charge in [0, 0.05) is 56.1 Å². The number of piperazine rings is 1. The lowest BCUT2D eigenvalue weighted by molar-refractivity contribution is -0.132. The summed E-state index contributed by atoms with van der Waals surface area (Å²) in [5.74, 6) is 0.128. The second-order valence-electron chi connectivity index (χ2n) is 6.17. The summed E-state index contributed by atoms with van der Waals surface area (Å²) in [7, 11) is 0. The molecule has 2 amide bonds. The molecule has 138 valence electrons. The zero-order chi connectivity index (χ0) is 18.4. The van der Waals surface area contributed by atoms with Crippen LogP contribution in [0.5, 0.6) is 0 Å². The summed E-state index contributed by atoms with van der Waals surface area (Å²) in [4.78, 5) is 36.8. The molecule has 1 aliphatic rings. The molecule has 0 saturated carbocycles. The van der Waals surface area contributed by atoms with E-state index >= 15 is 0 Å².